The third-order valence-electron chi connectivity index (χ3n) is 5.22. The second kappa shape index (κ2) is 12.4. The number of nitro groups is 2. The van der Waals surface area contributed by atoms with Crippen molar-refractivity contribution in [3.63, 3.8) is 0 Å². The van der Waals surface area contributed by atoms with Crippen LogP contribution in [0.3, 0.4) is 0 Å². The molecule has 0 bridgehead atoms. The van der Waals surface area contributed by atoms with Gasteiger partial charge in [-0.3, -0.25) is 20.2 Å². The van der Waals surface area contributed by atoms with Crippen molar-refractivity contribution in [3.8, 4) is 0 Å². The van der Waals surface area contributed by atoms with Crippen LogP contribution in [-0.2, 0) is 29.4 Å². The van der Waals surface area contributed by atoms with Crippen molar-refractivity contribution >= 4 is 23.1 Å². The number of aromatic nitrogens is 2. The SMILES string of the molecule is CC.Cn1cnc2c1NC(OCCc1ccc([N+](=O)[O-])cc1)N=C2OCCc1ccc([N+](=O)[O-])cc1. The number of hydrogen-bond acceptors (Lipinski definition) is 9. The number of benzene rings is 2. The first-order valence-corrected chi connectivity index (χ1v) is 11.5. The van der Waals surface area contributed by atoms with Crippen LogP contribution < -0.4 is 5.32 Å². The maximum atomic E-state index is 10.8. The highest BCUT2D eigenvalue weighted by molar-refractivity contribution is 5.98. The first-order valence-electron chi connectivity index (χ1n) is 11.5. The fourth-order valence-corrected chi connectivity index (χ4v) is 3.38. The molecule has 12 nitrogen and oxygen atoms in total. The summed E-state index contributed by atoms with van der Waals surface area (Å²) in [4.78, 5) is 29.5. The van der Waals surface area contributed by atoms with E-state index in [9.17, 15) is 20.2 Å². The normalized spacial score (nSPS) is 14.0. The zero-order valence-electron chi connectivity index (χ0n) is 20.3. The van der Waals surface area contributed by atoms with Gasteiger partial charge in [-0.05, 0) is 17.5 Å². The number of anilines is 1. The van der Waals surface area contributed by atoms with Gasteiger partial charge in [-0.2, -0.15) is 4.99 Å². The molecule has 0 spiro atoms. The molecule has 36 heavy (non-hydrogen) atoms. The minimum atomic E-state index is -0.685. The first kappa shape index (κ1) is 26.3. The van der Waals surface area contributed by atoms with E-state index in [-0.39, 0.29) is 11.4 Å². The fourth-order valence-electron chi connectivity index (χ4n) is 3.38. The second-order valence-corrected chi connectivity index (χ2v) is 7.55. The summed E-state index contributed by atoms with van der Waals surface area (Å²) < 4.78 is 13.6. The number of fused-ring (bicyclic) bond motifs is 1. The molecule has 0 saturated carbocycles. The van der Waals surface area contributed by atoms with Gasteiger partial charge in [0.1, 0.15) is 5.82 Å². The highest BCUT2D eigenvalue weighted by Crippen LogP contribution is 2.22. The number of imidazole rings is 1. The molecule has 1 aliphatic rings. The van der Waals surface area contributed by atoms with Gasteiger partial charge in [0.05, 0.1) is 29.4 Å². The number of nitro benzene ring substituents is 2. The third-order valence-corrected chi connectivity index (χ3v) is 5.22. The Kier molecular flexibility index (Phi) is 9.06. The molecule has 0 aliphatic carbocycles. The quantitative estimate of drug-likeness (QED) is 0.342. The molecular weight excluding hydrogens is 468 g/mol. The summed E-state index contributed by atoms with van der Waals surface area (Å²) in [5, 5.41) is 24.7. The maximum Gasteiger partial charge on any atom is 0.269 e. The Bertz CT molecular complexity index is 1210. The van der Waals surface area contributed by atoms with E-state index < -0.39 is 16.2 Å². The monoisotopic (exact) mass is 496 g/mol. The molecule has 1 atom stereocenters. The smallest absolute Gasteiger partial charge is 0.269 e. The molecule has 0 saturated heterocycles. The van der Waals surface area contributed by atoms with E-state index in [1.807, 2.05) is 20.9 Å². The van der Waals surface area contributed by atoms with Crippen LogP contribution in [0.1, 0.15) is 30.7 Å². The second-order valence-electron chi connectivity index (χ2n) is 7.55. The minimum absolute atomic E-state index is 0.0410. The molecular formula is C24H28N6O6. The summed E-state index contributed by atoms with van der Waals surface area (Å²) in [6, 6.07) is 12.6. The summed E-state index contributed by atoms with van der Waals surface area (Å²) in [5.74, 6) is 1.05. The molecule has 12 heteroatoms. The zero-order valence-corrected chi connectivity index (χ0v) is 20.3. The standard InChI is InChI=1S/C22H22N6O6.C2H6/c1-26-14-23-19-20(26)24-22(34-13-11-16-4-8-18(9-5-16)28(31)32)25-21(19)33-12-10-15-2-6-17(7-3-15)27(29)30;1-2/h2-9,14,22,24H,10-13H2,1H3;1-2H3. The van der Waals surface area contributed by atoms with Crippen molar-refractivity contribution in [1.82, 2.24) is 9.55 Å². The molecule has 4 rings (SSSR count). The minimum Gasteiger partial charge on any atom is -0.476 e. The van der Waals surface area contributed by atoms with E-state index >= 15 is 0 Å². The summed E-state index contributed by atoms with van der Waals surface area (Å²) in [7, 11) is 1.84. The van der Waals surface area contributed by atoms with Crippen LogP contribution in [0.2, 0.25) is 0 Å². The number of ether oxygens (including phenoxy) is 2. The number of aliphatic imine (C=N–C) groups is 1. The van der Waals surface area contributed by atoms with Crippen molar-refractivity contribution in [2.24, 2.45) is 12.0 Å². The number of non-ortho nitro benzene ring substituents is 2. The maximum absolute atomic E-state index is 10.8. The van der Waals surface area contributed by atoms with Crippen LogP contribution in [0.5, 0.6) is 0 Å². The van der Waals surface area contributed by atoms with Crippen molar-refractivity contribution in [3.05, 3.63) is 91.9 Å². The van der Waals surface area contributed by atoms with Gasteiger partial charge >= 0.3 is 0 Å². The third kappa shape index (κ3) is 6.63. The largest absolute Gasteiger partial charge is 0.476 e. The lowest BCUT2D eigenvalue weighted by molar-refractivity contribution is -0.385. The number of hydrogen-bond donors (Lipinski definition) is 1. The molecule has 2 aromatic carbocycles. The number of nitrogens with one attached hydrogen (secondary N) is 1. The van der Waals surface area contributed by atoms with Gasteiger partial charge in [-0.25, -0.2) is 4.98 Å². The summed E-state index contributed by atoms with van der Waals surface area (Å²) in [6.07, 6.45) is 2.06. The highest BCUT2D eigenvalue weighted by Gasteiger charge is 2.26. The van der Waals surface area contributed by atoms with Crippen LogP contribution in [0.25, 0.3) is 0 Å². The van der Waals surface area contributed by atoms with E-state index in [1.54, 1.807) is 35.2 Å². The molecule has 0 fully saturated rings. The molecule has 1 unspecified atom stereocenters. The van der Waals surface area contributed by atoms with Crippen LogP contribution >= 0.6 is 0 Å². The fraction of sp³-hybridized carbons (Fsp3) is 0.333. The zero-order chi connectivity index (χ0) is 26.1. The van der Waals surface area contributed by atoms with Gasteiger partial charge in [0.15, 0.2) is 5.69 Å². The molecule has 1 aromatic heterocycles. The van der Waals surface area contributed by atoms with Crippen molar-refractivity contribution in [2.45, 2.75) is 33.0 Å². The number of nitrogens with zero attached hydrogens (tertiary/aromatic N) is 5. The van der Waals surface area contributed by atoms with E-state index in [4.69, 9.17) is 9.47 Å². The number of rotatable bonds is 9. The van der Waals surface area contributed by atoms with Gasteiger partial charge < -0.3 is 19.4 Å². The molecule has 2 heterocycles. The Morgan fingerprint density at radius 1 is 0.917 bits per heavy atom. The molecule has 0 radical (unpaired) electrons. The van der Waals surface area contributed by atoms with E-state index in [0.29, 0.717) is 43.5 Å². The first-order chi connectivity index (χ1) is 17.4. The highest BCUT2D eigenvalue weighted by atomic mass is 16.6. The summed E-state index contributed by atoms with van der Waals surface area (Å²) >= 11 is 0. The lowest BCUT2D eigenvalue weighted by Crippen LogP contribution is -2.31. The Hall–Kier alpha value is -4.32. The lowest BCUT2D eigenvalue weighted by atomic mass is 10.1. The Balaban J connectivity index is 0.00000176. The topological polar surface area (TPSA) is 147 Å². The van der Waals surface area contributed by atoms with Crippen molar-refractivity contribution in [2.75, 3.05) is 18.5 Å². The summed E-state index contributed by atoms with van der Waals surface area (Å²) in [6.45, 7) is 4.64. The average molecular weight is 497 g/mol. The van der Waals surface area contributed by atoms with E-state index in [1.165, 1.54) is 24.3 Å². The number of aryl methyl sites for hydroxylation is 1. The molecule has 190 valence electrons. The van der Waals surface area contributed by atoms with Gasteiger partial charge in [-0.1, -0.05) is 38.1 Å². The molecule has 1 N–H and O–H groups in total. The summed E-state index contributed by atoms with van der Waals surface area (Å²) in [5.41, 5.74) is 2.46. The van der Waals surface area contributed by atoms with E-state index in [2.05, 4.69) is 15.3 Å². The Labute approximate surface area is 207 Å². The van der Waals surface area contributed by atoms with Crippen LogP contribution in [0.15, 0.2) is 59.9 Å². The van der Waals surface area contributed by atoms with Crippen LogP contribution in [-0.4, -0.2) is 44.9 Å². The molecule has 3 aromatic rings. The van der Waals surface area contributed by atoms with Gasteiger partial charge in [0.25, 0.3) is 11.4 Å². The van der Waals surface area contributed by atoms with E-state index in [0.717, 1.165) is 11.1 Å². The van der Waals surface area contributed by atoms with Gasteiger partial charge in [0.2, 0.25) is 12.2 Å². The average Bonchev–Trinajstić information content (AvgIpc) is 3.26. The van der Waals surface area contributed by atoms with Crippen LogP contribution in [0, 0.1) is 20.2 Å². The van der Waals surface area contributed by atoms with Crippen LogP contribution in [0.4, 0.5) is 17.2 Å². The molecule has 0 amide bonds. The molecule has 1 aliphatic heterocycles. The predicted octanol–water partition coefficient (Wildman–Crippen LogP) is 4.24. The van der Waals surface area contributed by atoms with Crippen molar-refractivity contribution < 1.29 is 19.3 Å². The Morgan fingerprint density at radius 2 is 1.44 bits per heavy atom. The lowest BCUT2D eigenvalue weighted by Gasteiger charge is -2.23. The van der Waals surface area contributed by atoms with Gasteiger partial charge in [0, 0.05) is 37.7 Å². The Morgan fingerprint density at radius 3 is 1.97 bits per heavy atom. The van der Waals surface area contributed by atoms with Gasteiger partial charge in [-0.15, -0.1) is 0 Å². The predicted molar refractivity (Wildman–Crippen MR) is 134 cm³/mol. The van der Waals surface area contributed by atoms with Crippen molar-refractivity contribution in [1.29, 1.82) is 0 Å².